The minimum absolute atomic E-state index is 0. The molecule has 2 heterocycles. The van der Waals surface area contributed by atoms with Crippen molar-refractivity contribution in [2.45, 2.75) is 65.4 Å². The van der Waals surface area contributed by atoms with E-state index >= 15 is 0 Å². The molecule has 1 atom stereocenters. The van der Waals surface area contributed by atoms with Crippen LogP contribution in [-0.4, -0.2) is 56.8 Å². The number of rotatable bonds is 6. The molecule has 2 aliphatic rings. The second kappa shape index (κ2) is 12.1. The van der Waals surface area contributed by atoms with Crippen LogP contribution in [0.15, 0.2) is 53.4 Å². The third-order valence-corrected chi connectivity index (χ3v) is 8.61. The molecule has 1 fully saturated rings. The topological polar surface area (TPSA) is 75.7 Å². The Kier molecular flexibility index (Phi) is 9.92. The molecule has 36 heavy (non-hydrogen) atoms. The Bertz CT molecular complexity index is 1170. The van der Waals surface area contributed by atoms with E-state index in [1.165, 1.54) is 0 Å². The summed E-state index contributed by atoms with van der Waals surface area (Å²) in [5.74, 6) is 0.766. The fraction of sp³-hybridized carbons (Fsp3) is 0.483. The highest BCUT2D eigenvalue weighted by molar-refractivity contribution is 7.91. The molecular formula is C29H42N2O4S. The smallest absolute Gasteiger partial charge is 0.253 e. The summed E-state index contributed by atoms with van der Waals surface area (Å²) in [5.41, 5.74) is 2.89. The van der Waals surface area contributed by atoms with Crippen molar-refractivity contribution in [3.05, 3.63) is 65.2 Å². The van der Waals surface area contributed by atoms with Crippen molar-refractivity contribution >= 4 is 21.3 Å². The van der Waals surface area contributed by atoms with E-state index < -0.39 is 15.4 Å². The fourth-order valence-corrected chi connectivity index (χ4v) is 5.70. The van der Waals surface area contributed by atoms with Crippen molar-refractivity contribution in [1.82, 2.24) is 10.2 Å². The number of carbonyl (C=O) groups excluding carboxylic acids is 1. The lowest BCUT2D eigenvalue weighted by Gasteiger charge is -2.36. The van der Waals surface area contributed by atoms with Gasteiger partial charge in [0.15, 0.2) is 9.84 Å². The van der Waals surface area contributed by atoms with Gasteiger partial charge >= 0.3 is 0 Å². The predicted molar refractivity (Wildman–Crippen MR) is 148 cm³/mol. The van der Waals surface area contributed by atoms with Gasteiger partial charge in [0.05, 0.1) is 10.6 Å². The predicted octanol–water partition coefficient (Wildman–Crippen LogP) is 5.57. The first-order valence-corrected chi connectivity index (χ1v) is 13.9. The van der Waals surface area contributed by atoms with Crippen molar-refractivity contribution in [1.29, 1.82) is 0 Å². The molecule has 1 amide bonds. The van der Waals surface area contributed by atoms with Crippen LogP contribution in [0.1, 0.15) is 76.4 Å². The van der Waals surface area contributed by atoms with Crippen LogP contribution in [0.4, 0.5) is 0 Å². The van der Waals surface area contributed by atoms with Crippen LogP contribution >= 0.6 is 0 Å². The number of carbonyl (C=O) groups is 1. The third-order valence-electron chi connectivity index (χ3n) is 6.87. The molecular weight excluding hydrogens is 472 g/mol. The first-order valence-electron chi connectivity index (χ1n) is 12.2. The highest BCUT2D eigenvalue weighted by Gasteiger charge is 2.36. The van der Waals surface area contributed by atoms with Gasteiger partial charge in [-0.15, -0.1) is 0 Å². The van der Waals surface area contributed by atoms with E-state index in [4.69, 9.17) is 4.74 Å². The lowest BCUT2D eigenvalue weighted by Crippen LogP contribution is -2.37. The van der Waals surface area contributed by atoms with E-state index in [1.807, 2.05) is 38.1 Å². The molecule has 7 heteroatoms. The SMILES string of the molecule is C.C.CCN(CC)C(=O)c1ccc(C2=CC3(CCCNCC3)Oc3ccc(S(=O)(=O)CC)cc32)cc1. The van der Waals surface area contributed by atoms with Gasteiger partial charge in [0.2, 0.25) is 0 Å². The number of fused-ring (bicyclic) bond motifs is 1. The maximum atomic E-state index is 12.8. The molecule has 198 valence electrons. The summed E-state index contributed by atoms with van der Waals surface area (Å²) in [6.07, 6.45) is 4.89. The second-order valence-corrected chi connectivity index (χ2v) is 11.2. The molecule has 0 bridgehead atoms. The summed E-state index contributed by atoms with van der Waals surface area (Å²) in [6.45, 7) is 8.75. The van der Waals surface area contributed by atoms with Gasteiger partial charge in [-0.05, 0) is 87.3 Å². The Balaban J connectivity index is 0.00000228. The third kappa shape index (κ3) is 5.84. The highest BCUT2D eigenvalue weighted by atomic mass is 32.2. The number of hydrogen-bond donors (Lipinski definition) is 1. The van der Waals surface area contributed by atoms with Crippen LogP contribution in [0, 0.1) is 0 Å². The Morgan fingerprint density at radius 2 is 1.69 bits per heavy atom. The van der Waals surface area contributed by atoms with Crippen molar-refractivity contribution < 1.29 is 17.9 Å². The zero-order valence-corrected chi connectivity index (χ0v) is 21.1. The van der Waals surface area contributed by atoms with Gasteiger partial charge in [-0.3, -0.25) is 4.79 Å². The van der Waals surface area contributed by atoms with Gasteiger partial charge in [0.1, 0.15) is 11.4 Å². The van der Waals surface area contributed by atoms with E-state index in [1.54, 1.807) is 30.0 Å². The fourth-order valence-electron chi connectivity index (χ4n) is 4.79. The van der Waals surface area contributed by atoms with Crippen LogP contribution < -0.4 is 10.1 Å². The minimum Gasteiger partial charge on any atom is -0.482 e. The van der Waals surface area contributed by atoms with Crippen molar-refractivity contribution in [2.75, 3.05) is 31.9 Å². The van der Waals surface area contributed by atoms with E-state index in [-0.39, 0.29) is 26.5 Å². The molecule has 2 aromatic rings. The van der Waals surface area contributed by atoms with E-state index in [0.717, 1.165) is 49.1 Å². The molecule has 4 rings (SSSR count). The van der Waals surface area contributed by atoms with Gasteiger partial charge in [-0.2, -0.15) is 0 Å². The number of nitrogens with one attached hydrogen (secondary N) is 1. The quantitative estimate of drug-likeness (QED) is 0.545. The van der Waals surface area contributed by atoms with Gasteiger partial charge < -0.3 is 15.0 Å². The Morgan fingerprint density at radius 1 is 1.00 bits per heavy atom. The van der Waals surface area contributed by atoms with Gasteiger partial charge in [0, 0.05) is 30.6 Å². The average molecular weight is 515 g/mol. The second-order valence-electron chi connectivity index (χ2n) is 8.94. The minimum atomic E-state index is -3.35. The Morgan fingerprint density at radius 3 is 2.33 bits per heavy atom. The van der Waals surface area contributed by atoms with Crippen molar-refractivity contribution in [2.24, 2.45) is 0 Å². The van der Waals surface area contributed by atoms with Gasteiger partial charge in [-0.1, -0.05) is 33.9 Å². The summed E-state index contributed by atoms with van der Waals surface area (Å²) in [4.78, 5) is 14.9. The van der Waals surface area contributed by atoms with Crippen molar-refractivity contribution in [3.8, 4) is 5.75 Å². The lowest BCUT2D eigenvalue weighted by atomic mass is 9.84. The molecule has 1 N–H and O–H groups in total. The summed E-state index contributed by atoms with van der Waals surface area (Å²) in [6, 6.07) is 12.8. The molecule has 1 spiro atoms. The van der Waals surface area contributed by atoms with Gasteiger partial charge in [-0.25, -0.2) is 8.42 Å². The standard InChI is InChI=1S/C27H34N2O4S.2CH4/c1-4-29(5-2)26(30)21-10-8-20(9-11-21)24-19-27(14-7-16-28-17-15-27)33-25-13-12-22(18-23(24)25)34(31,32)6-3;;/h8-13,18-19,28H,4-7,14-17H2,1-3H3;2*1H4. The molecule has 0 aromatic heterocycles. The Labute approximate surface area is 217 Å². The lowest BCUT2D eigenvalue weighted by molar-refractivity contribution is 0.0773. The van der Waals surface area contributed by atoms with Crippen LogP contribution in [-0.2, 0) is 9.84 Å². The van der Waals surface area contributed by atoms with Crippen LogP contribution in [0.3, 0.4) is 0 Å². The average Bonchev–Trinajstić information content (AvgIpc) is 3.09. The normalized spacial score (nSPS) is 19.0. The maximum Gasteiger partial charge on any atom is 0.253 e. The number of sulfone groups is 1. The molecule has 0 radical (unpaired) electrons. The number of ether oxygens (including phenoxy) is 1. The number of hydrogen-bond acceptors (Lipinski definition) is 5. The summed E-state index contributed by atoms with van der Waals surface area (Å²) >= 11 is 0. The van der Waals surface area contributed by atoms with Crippen molar-refractivity contribution in [3.63, 3.8) is 0 Å². The summed E-state index contributed by atoms with van der Waals surface area (Å²) in [7, 11) is -3.35. The first-order chi connectivity index (χ1) is 16.3. The largest absolute Gasteiger partial charge is 0.482 e. The summed E-state index contributed by atoms with van der Waals surface area (Å²) in [5, 5.41) is 3.44. The van der Waals surface area contributed by atoms with Gasteiger partial charge in [0.25, 0.3) is 5.91 Å². The van der Waals surface area contributed by atoms with Crippen LogP contribution in [0.25, 0.3) is 5.57 Å². The molecule has 0 saturated carbocycles. The zero-order valence-electron chi connectivity index (χ0n) is 20.3. The maximum absolute atomic E-state index is 12.8. The monoisotopic (exact) mass is 514 g/mol. The van der Waals surface area contributed by atoms with Crippen LogP contribution in [0.5, 0.6) is 5.75 Å². The number of benzene rings is 2. The molecule has 1 saturated heterocycles. The van der Waals surface area contributed by atoms with Crippen LogP contribution in [0.2, 0.25) is 0 Å². The highest BCUT2D eigenvalue weighted by Crippen LogP contribution is 2.43. The first kappa shape index (κ1) is 29.6. The summed E-state index contributed by atoms with van der Waals surface area (Å²) < 4.78 is 31.7. The molecule has 2 aromatic carbocycles. The van der Waals surface area contributed by atoms with E-state index in [9.17, 15) is 13.2 Å². The zero-order chi connectivity index (χ0) is 24.3. The van der Waals surface area contributed by atoms with E-state index in [2.05, 4.69) is 11.4 Å². The molecule has 2 aliphatic heterocycles. The number of nitrogens with zero attached hydrogens (tertiary/aromatic N) is 1. The van der Waals surface area contributed by atoms with E-state index in [0.29, 0.717) is 29.3 Å². The molecule has 6 nitrogen and oxygen atoms in total. The molecule has 0 aliphatic carbocycles. The Hall–Kier alpha value is -2.64. The molecule has 1 unspecified atom stereocenters. The number of amides is 1.